The van der Waals surface area contributed by atoms with Crippen molar-refractivity contribution in [3.05, 3.63) is 11.9 Å². The molecule has 0 saturated carbocycles. The molecule has 0 bridgehead atoms. The van der Waals surface area contributed by atoms with E-state index in [0.29, 0.717) is 6.04 Å². The van der Waals surface area contributed by atoms with Crippen molar-refractivity contribution in [2.24, 2.45) is 7.05 Å². The normalized spacial score (nSPS) is 18.9. The Bertz CT molecular complexity index is 392. The minimum absolute atomic E-state index is 0.157. The third kappa shape index (κ3) is 3.34. The van der Waals surface area contributed by atoms with Gasteiger partial charge in [0.2, 0.25) is 0 Å². The number of aryl methyl sites for hydroxylation is 1. The number of hydrogen-bond acceptors (Lipinski definition) is 4. The standard InChI is InChI=1S/C14H27N5/c1-5-15-13(10-12-11-18(4)17-16-12)14(2,3)19-8-6-7-9-19/h11,13,15H,5-10H2,1-4H3. The molecule has 1 atom stereocenters. The molecule has 0 radical (unpaired) electrons. The molecule has 5 heteroatoms. The Hall–Kier alpha value is -0.940. The first-order chi connectivity index (χ1) is 9.04. The number of likely N-dealkylation sites (N-methyl/N-ethyl adjacent to an activating group) is 1. The van der Waals surface area contributed by atoms with E-state index in [2.05, 4.69) is 41.3 Å². The van der Waals surface area contributed by atoms with Gasteiger partial charge in [-0.25, -0.2) is 0 Å². The Morgan fingerprint density at radius 2 is 2.05 bits per heavy atom. The summed E-state index contributed by atoms with van der Waals surface area (Å²) in [5, 5.41) is 11.9. The highest BCUT2D eigenvalue weighted by molar-refractivity contribution is 5.03. The van der Waals surface area contributed by atoms with E-state index in [4.69, 9.17) is 0 Å². The van der Waals surface area contributed by atoms with E-state index in [1.165, 1.54) is 25.9 Å². The van der Waals surface area contributed by atoms with Crippen molar-refractivity contribution in [1.29, 1.82) is 0 Å². The summed E-state index contributed by atoms with van der Waals surface area (Å²) in [6, 6.07) is 0.410. The third-order valence-corrected chi connectivity index (χ3v) is 4.29. The van der Waals surface area contributed by atoms with Crippen molar-refractivity contribution in [3.63, 3.8) is 0 Å². The van der Waals surface area contributed by atoms with Crippen molar-refractivity contribution in [2.75, 3.05) is 19.6 Å². The van der Waals surface area contributed by atoms with Gasteiger partial charge in [0.05, 0.1) is 5.69 Å². The summed E-state index contributed by atoms with van der Waals surface area (Å²) in [7, 11) is 1.92. The summed E-state index contributed by atoms with van der Waals surface area (Å²) in [5.74, 6) is 0. The molecule has 1 N–H and O–H groups in total. The molecule has 2 rings (SSSR count). The maximum atomic E-state index is 4.23. The number of likely N-dealkylation sites (tertiary alicyclic amines) is 1. The second-order valence-corrected chi connectivity index (χ2v) is 6.05. The van der Waals surface area contributed by atoms with Gasteiger partial charge in [0, 0.05) is 31.2 Å². The fourth-order valence-corrected chi connectivity index (χ4v) is 3.03. The number of nitrogens with one attached hydrogen (secondary N) is 1. The lowest BCUT2D eigenvalue weighted by molar-refractivity contribution is 0.107. The van der Waals surface area contributed by atoms with Gasteiger partial charge in [-0.1, -0.05) is 12.1 Å². The monoisotopic (exact) mass is 265 g/mol. The minimum Gasteiger partial charge on any atom is -0.312 e. The number of rotatable bonds is 6. The van der Waals surface area contributed by atoms with Gasteiger partial charge in [-0.05, 0) is 46.3 Å². The van der Waals surface area contributed by atoms with Crippen LogP contribution in [0.4, 0.5) is 0 Å². The first-order valence-electron chi connectivity index (χ1n) is 7.37. The van der Waals surface area contributed by atoms with E-state index in [0.717, 1.165) is 18.7 Å². The topological polar surface area (TPSA) is 46.0 Å². The average molecular weight is 265 g/mol. The molecule has 1 aliphatic heterocycles. The SMILES string of the molecule is CCNC(Cc1cn(C)nn1)C(C)(C)N1CCCC1. The number of hydrogen-bond donors (Lipinski definition) is 1. The number of aromatic nitrogens is 3. The van der Waals surface area contributed by atoms with Crippen LogP contribution >= 0.6 is 0 Å². The molecule has 108 valence electrons. The van der Waals surface area contributed by atoms with Crippen LogP contribution in [0.1, 0.15) is 39.3 Å². The van der Waals surface area contributed by atoms with Gasteiger partial charge in [0.15, 0.2) is 0 Å². The zero-order valence-electron chi connectivity index (χ0n) is 12.7. The largest absolute Gasteiger partial charge is 0.312 e. The van der Waals surface area contributed by atoms with Gasteiger partial charge in [-0.2, -0.15) is 0 Å². The molecule has 1 aromatic rings. The lowest BCUT2D eigenvalue weighted by atomic mass is 9.89. The smallest absolute Gasteiger partial charge is 0.0843 e. The molecule has 19 heavy (non-hydrogen) atoms. The fraction of sp³-hybridized carbons (Fsp3) is 0.857. The highest BCUT2D eigenvalue weighted by Crippen LogP contribution is 2.26. The third-order valence-electron chi connectivity index (χ3n) is 4.29. The highest BCUT2D eigenvalue weighted by Gasteiger charge is 2.36. The van der Waals surface area contributed by atoms with Crippen LogP contribution < -0.4 is 5.32 Å². The maximum Gasteiger partial charge on any atom is 0.0843 e. The van der Waals surface area contributed by atoms with E-state index in [1.807, 2.05) is 13.2 Å². The molecule has 0 amide bonds. The predicted molar refractivity (Wildman–Crippen MR) is 77.1 cm³/mol. The van der Waals surface area contributed by atoms with Crippen molar-refractivity contribution in [1.82, 2.24) is 25.2 Å². The zero-order valence-corrected chi connectivity index (χ0v) is 12.7. The van der Waals surface area contributed by atoms with Crippen LogP contribution in [0.5, 0.6) is 0 Å². The molecular weight excluding hydrogens is 238 g/mol. The first kappa shape index (κ1) is 14.5. The van der Waals surface area contributed by atoms with Gasteiger partial charge in [0.1, 0.15) is 0 Å². The summed E-state index contributed by atoms with van der Waals surface area (Å²) in [6.45, 7) is 10.3. The van der Waals surface area contributed by atoms with Crippen LogP contribution in [-0.4, -0.2) is 51.1 Å². The second kappa shape index (κ2) is 6.01. The van der Waals surface area contributed by atoms with E-state index in [9.17, 15) is 0 Å². The second-order valence-electron chi connectivity index (χ2n) is 6.05. The Morgan fingerprint density at radius 1 is 1.37 bits per heavy atom. The summed E-state index contributed by atoms with van der Waals surface area (Å²) >= 11 is 0. The van der Waals surface area contributed by atoms with Crippen LogP contribution in [0.2, 0.25) is 0 Å². The number of nitrogens with zero attached hydrogens (tertiary/aromatic N) is 4. The van der Waals surface area contributed by atoms with Crippen molar-refractivity contribution in [3.8, 4) is 0 Å². The molecule has 1 fully saturated rings. The van der Waals surface area contributed by atoms with Crippen LogP contribution in [0.3, 0.4) is 0 Å². The maximum absolute atomic E-state index is 4.23. The zero-order chi connectivity index (χ0) is 13.9. The van der Waals surface area contributed by atoms with E-state index >= 15 is 0 Å². The van der Waals surface area contributed by atoms with Gasteiger partial charge >= 0.3 is 0 Å². The average Bonchev–Trinajstić information content (AvgIpc) is 3.00. The molecule has 0 aliphatic carbocycles. The molecule has 2 heterocycles. The van der Waals surface area contributed by atoms with Gasteiger partial charge in [-0.15, -0.1) is 5.10 Å². The van der Waals surface area contributed by atoms with Crippen LogP contribution in [-0.2, 0) is 13.5 Å². The molecule has 1 unspecified atom stereocenters. The molecule has 1 aromatic heterocycles. The Kier molecular flexibility index (Phi) is 4.58. The summed E-state index contributed by atoms with van der Waals surface area (Å²) < 4.78 is 1.78. The van der Waals surface area contributed by atoms with Gasteiger partial charge in [-0.3, -0.25) is 9.58 Å². The van der Waals surface area contributed by atoms with Crippen molar-refractivity contribution < 1.29 is 0 Å². The Labute approximate surface area is 116 Å². The molecular formula is C14H27N5. The molecule has 5 nitrogen and oxygen atoms in total. The molecule has 1 aliphatic rings. The van der Waals surface area contributed by atoms with Crippen molar-refractivity contribution >= 4 is 0 Å². The van der Waals surface area contributed by atoms with E-state index < -0.39 is 0 Å². The van der Waals surface area contributed by atoms with Crippen LogP contribution in [0, 0.1) is 0 Å². The summed E-state index contributed by atoms with van der Waals surface area (Å²) in [6.07, 6.45) is 5.61. The fourth-order valence-electron chi connectivity index (χ4n) is 3.03. The van der Waals surface area contributed by atoms with Crippen LogP contribution in [0.15, 0.2) is 6.20 Å². The van der Waals surface area contributed by atoms with Crippen molar-refractivity contribution in [2.45, 2.75) is 51.6 Å². The predicted octanol–water partition coefficient (Wildman–Crippen LogP) is 1.21. The van der Waals surface area contributed by atoms with E-state index in [1.54, 1.807) is 4.68 Å². The van der Waals surface area contributed by atoms with Crippen LogP contribution in [0.25, 0.3) is 0 Å². The molecule has 0 aromatic carbocycles. The quantitative estimate of drug-likeness (QED) is 0.840. The minimum atomic E-state index is 0.157. The molecule has 0 spiro atoms. The molecule has 1 saturated heterocycles. The van der Waals surface area contributed by atoms with E-state index in [-0.39, 0.29) is 5.54 Å². The first-order valence-corrected chi connectivity index (χ1v) is 7.37. The van der Waals surface area contributed by atoms with Gasteiger partial charge < -0.3 is 5.32 Å². The van der Waals surface area contributed by atoms with Gasteiger partial charge in [0.25, 0.3) is 0 Å². The summed E-state index contributed by atoms with van der Waals surface area (Å²) in [4.78, 5) is 2.61. The lowest BCUT2D eigenvalue weighted by Crippen LogP contribution is -2.57. The summed E-state index contributed by atoms with van der Waals surface area (Å²) in [5.41, 5.74) is 1.23. The lowest BCUT2D eigenvalue weighted by Gasteiger charge is -2.42. The Balaban J connectivity index is 2.09. The highest BCUT2D eigenvalue weighted by atomic mass is 15.4. The Morgan fingerprint density at radius 3 is 2.58 bits per heavy atom.